The van der Waals surface area contributed by atoms with Gasteiger partial charge < -0.3 is 0 Å². The number of nitriles is 1. The van der Waals surface area contributed by atoms with Crippen molar-refractivity contribution in [2.75, 3.05) is 0 Å². The number of nitro groups is 1. The number of alkyl halides is 2. The summed E-state index contributed by atoms with van der Waals surface area (Å²) in [7, 11) is 0. The lowest BCUT2D eigenvalue weighted by atomic mass is 10.2. The van der Waals surface area contributed by atoms with E-state index in [9.17, 15) is 18.9 Å². The maximum Gasteiger partial charge on any atom is 0.297 e. The number of halogens is 2. The summed E-state index contributed by atoms with van der Waals surface area (Å²) < 4.78 is 24.7. The molecule has 1 rings (SSSR count). The SMILES string of the molecule is Cc1cc([N+](=O)[O-])c(C(F)F)nc1C#N. The molecule has 78 valence electrons. The van der Waals surface area contributed by atoms with Gasteiger partial charge in [-0.3, -0.25) is 10.1 Å². The van der Waals surface area contributed by atoms with Crippen molar-refractivity contribution in [1.82, 2.24) is 4.98 Å². The molecule has 0 spiro atoms. The first-order valence-electron chi connectivity index (χ1n) is 3.81. The van der Waals surface area contributed by atoms with Gasteiger partial charge in [0, 0.05) is 6.07 Å². The normalized spacial score (nSPS) is 10.1. The van der Waals surface area contributed by atoms with E-state index in [1.54, 1.807) is 6.07 Å². The van der Waals surface area contributed by atoms with Gasteiger partial charge in [0.15, 0.2) is 5.69 Å². The summed E-state index contributed by atoms with van der Waals surface area (Å²) in [5.74, 6) is 0. The topological polar surface area (TPSA) is 79.8 Å². The second-order valence-electron chi connectivity index (χ2n) is 2.73. The highest BCUT2D eigenvalue weighted by atomic mass is 19.3. The van der Waals surface area contributed by atoms with Crippen LogP contribution in [-0.2, 0) is 0 Å². The quantitative estimate of drug-likeness (QED) is 0.556. The zero-order valence-electron chi connectivity index (χ0n) is 7.57. The molecule has 0 bridgehead atoms. The van der Waals surface area contributed by atoms with Crippen LogP contribution in [0.3, 0.4) is 0 Å². The molecule has 0 atom stereocenters. The monoisotopic (exact) mass is 213 g/mol. The average Bonchev–Trinajstić information content (AvgIpc) is 2.16. The van der Waals surface area contributed by atoms with Crippen molar-refractivity contribution >= 4 is 5.69 Å². The standard InChI is InChI=1S/C8H5F2N3O2/c1-4-2-6(13(14)15)7(8(9)10)12-5(4)3-11/h2,8H,1H3. The summed E-state index contributed by atoms with van der Waals surface area (Å²) >= 11 is 0. The lowest BCUT2D eigenvalue weighted by Gasteiger charge is -2.03. The number of aryl methyl sites for hydroxylation is 1. The molecule has 0 amide bonds. The van der Waals surface area contributed by atoms with Crippen molar-refractivity contribution in [3.63, 3.8) is 0 Å². The van der Waals surface area contributed by atoms with E-state index in [0.29, 0.717) is 0 Å². The van der Waals surface area contributed by atoms with E-state index in [2.05, 4.69) is 4.98 Å². The maximum atomic E-state index is 12.4. The van der Waals surface area contributed by atoms with E-state index >= 15 is 0 Å². The van der Waals surface area contributed by atoms with Crippen molar-refractivity contribution in [3.05, 3.63) is 33.1 Å². The van der Waals surface area contributed by atoms with E-state index in [1.807, 2.05) is 0 Å². The van der Waals surface area contributed by atoms with Crippen LogP contribution in [0.1, 0.15) is 23.4 Å². The van der Waals surface area contributed by atoms with E-state index in [4.69, 9.17) is 5.26 Å². The molecule has 0 unspecified atom stereocenters. The Morgan fingerprint density at radius 2 is 2.27 bits per heavy atom. The number of nitrogens with zero attached hydrogens (tertiary/aromatic N) is 3. The largest absolute Gasteiger partial charge is 0.297 e. The predicted molar refractivity (Wildman–Crippen MR) is 45.3 cm³/mol. The van der Waals surface area contributed by atoms with Crippen molar-refractivity contribution in [2.45, 2.75) is 13.3 Å². The van der Waals surface area contributed by atoms with Crippen molar-refractivity contribution in [3.8, 4) is 6.07 Å². The first-order valence-corrected chi connectivity index (χ1v) is 3.81. The van der Waals surface area contributed by atoms with Crippen LogP contribution in [0.25, 0.3) is 0 Å². The lowest BCUT2D eigenvalue weighted by molar-refractivity contribution is -0.386. The van der Waals surface area contributed by atoms with Crippen molar-refractivity contribution in [1.29, 1.82) is 5.26 Å². The summed E-state index contributed by atoms with van der Waals surface area (Å²) in [6.07, 6.45) is -3.07. The average molecular weight is 213 g/mol. The molecule has 1 aromatic rings. The third-order valence-electron chi connectivity index (χ3n) is 1.73. The van der Waals surface area contributed by atoms with E-state index in [0.717, 1.165) is 6.07 Å². The Morgan fingerprint density at radius 1 is 1.67 bits per heavy atom. The molecule has 7 heteroatoms. The Morgan fingerprint density at radius 3 is 2.67 bits per heavy atom. The molecule has 0 aliphatic heterocycles. The third-order valence-corrected chi connectivity index (χ3v) is 1.73. The van der Waals surface area contributed by atoms with Gasteiger partial charge in [-0.1, -0.05) is 0 Å². The van der Waals surface area contributed by atoms with Gasteiger partial charge >= 0.3 is 0 Å². The zero-order chi connectivity index (χ0) is 11.6. The second-order valence-corrected chi connectivity index (χ2v) is 2.73. The van der Waals surface area contributed by atoms with E-state index < -0.39 is 22.7 Å². The molecule has 0 aliphatic rings. The number of pyridine rings is 1. The van der Waals surface area contributed by atoms with Gasteiger partial charge in [-0.15, -0.1) is 0 Å². The molecule has 15 heavy (non-hydrogen) atoms. The van der Waals surface area contributed by atoms with Crippen LogP contribution in [0.5, 0.6) is 0 Å². The van der Waals surface area contributed by atoms with Crippen LogP contribution >= 0.6 is 0 Å². The number of hydrogen-bond acceptors (Lipinski definition) is 4. The van der Waals surface area contributed by atoms with Crippen LogP contribution in [0.4, 0.5) is 14.5 Å². The molecular formula is C8H5F2N3O2. The van der Waals surface area contributed by atoms with Crippen molar-refractivity contribution in [2.24, 2.45) is 0 Å². The van der Waals surface area contributed by atoms with Gasteiger partial charge in [0.1, 0.15) is 11.8 Å². The Labute approximate surface area is 83.1 Å². The maximum absolute atomic E-state index is 12.4. The minimum atomic E-state index is -3.07. The van der Waals surface area contributed by atoms with Crippen molar-refractivity contribution < 1.29 is 13.7 Å². The molecular weight excluding hydrogens is 208 g/mol. The zero-order valence-corrected chi connectivity index (χ0v) is 7.57. The Bertz CT molecular complexity index is 454. The molecule has 0 aromatic carbocycles. The Hall–Kier alpha value is -2.10. The van der Waals surface area contributed by atoms with Crippen LogP contribution in [-0.4, -0.2) is 9.91 Å². The van der Waals surface area contributed by atoms with Crippen LogP contribution in [0, 0.1) is 28.4 Å². The van der Waals surface area contributed by atoms with Crippen LogP contribution < -0.4 is 0 Å². The van der Waals surface area contributed by atoms with Gasteiger partial charge in [-0.05, 0) is 12.5 Å². The highest BCUT2D eigenvalue weighted by molar-refractivity contribution is 5.44. The molecule has 0 saturated carbocycles. The minimum Gasteiger partial charge on any atom is -0.258 e. The van der Waals surface area contributed by atoms with Gasteiger partial charge in [0.2, 0.25) is 0 Å². The van der Waals surface area contributed by atoms with Gasteiger partial charge in [0.25, 0.3) is 12.1 Å². The summed E-state index contributed by atoms with van der Waals surface area (Å²) in [4.78, 5) is 12.7. The Balaban J connectivity index is 3.47. The van der Waals surface area contributed by atoms with Crippen LogP contribution in [0.15, 0.2) is 6.07 Å². The first-order chi connectivity index (χ1) is 6.97. The minimum absolute atomic E-state index is 0.202. The Kier molecular flexibility index (Phi) is 2.90. The fourth-order valence-electron chi connectivity index (χ4n) is 1.03. The third kappa shape index (κ3) is 2.04. The molecule has 0 fully saturated rings. The van der Waals surface area contributed by atoms with E-state index in [1.165, 1.54) is 6.92 Å². The van der Waals surface area contributed by atoms with E-state index in [-0.39, 0.29) is 11.3 Å². The first kappa shape index (κ1) is 11.0. The molecule has 0 saturated heterocycles. The number of rotatable bonds is 2. The fraction of sp³-hybridized carbons (Fsp3) is 0.250. The molecule has 0 aliphatic carbocycles. The fourth-order valence-corrected chi connectivity index (χ4v) is 1.03. The van der Waals surface area contributed by atoms with Gasteiger partial charge in [-0.25, -0.2) is 13.8 Å². The molecule has 1 heterocycles. The predicted octanol–water partition coefficient (Wildman–Crippen LogP) is 2.11. The second kappa shape index (κ2) is 3.96. The van der Waals surface area contributed by atoms with Crippen LogP contribution in [0.2, 0.25) is 0 Å². The molecule has 0 N–H and O–H groups in total. The summed E-state index contributed by atoms with van der Waals surface area (Å²) in [6, 6.07) is 2.51. The highest BCUT2D eigenvalue weighted by Crippen LogP contribution is 2.28. The molecule has 5 nitrogen and oxygen atoms in total. The highest BCUT2D eigenvalue weighted by Gasteiger charge is 2.25. The summed E-state index contributed by atoms with van der Waals surface area (Å²) in [6.45, 7) is 1.40. The summed E-state index contributed by atoms with van der Waals surface area (Å²) in [5.41, 5.74) is -1.76. The smallest absolute Gasteiger partial charge is 0.258 e. The molecule has 0 radical (unpaired) electrons. The van der Waals surface area contributed by atoms with Gasteiger partial charge in [-0.2, -0.15) is 5.26 Å². The number of aromatic nitrogens is 1. The number of hydrogen-bond donors (Lipinski definition) is 0. The lowest BCUT2D eigenvalue weighted by Crippen LogP contribution is -2.02. The summed E-state index contributed by atoms with van der Waals surface area (Å²) in [5, 5.41) is 19.0. The molecule has 1 aromatic heterocycles. The van der Waals surface area contributed by atoms with Gasteiger partial charge in [0.05, 0.1) is 4.92 Å².